The Hall–Kier alpha value is -2.26. The van der Waals surface area contributed by atoms with Crippen LogP contribution in [0, 0.1) is 26.7 Å². The summed E-state index contributed by atoms with van der Waals surface area (Å²) < 4.78 is 31.2. The van der Waals surface area contributed by atoms with E-state index in [2.05, 4.69) is 15.5 Å². The molecule has 0 bridgehead atoms. The summed E-state index contributed by atoms with van der Waals surface area (Å²) in [4.78, 5) is 17.2. The van der Waals surface area contributed by atoms with Gasteiger partial charge in [-0.25, -0.2) is 12.7 Å². The van der Waals surface area contributed by atoms with E-state index in [-0.39, 0.29) is 17.9 Å². The molecule has 156 valence electrons. The molecular formula is C20H26N4O4S. The first kappa shape index (κ1) is 20.0. The first-order valence-electron chi connectivity index (χ1n) is 9.72. The van der Waals surface area contributed by atoms with Crippen LogP contribution in [0.15, 0.2) is 22.7 Å². The van der Waals surface area contributed by atoms with Gasteiger partial charge in [0.05, 0.1) is 11.7 Å². The molecule has 1 aliphatic heterocycles. The SMILES string of the molecule is Cc1noc([C@]23C[C@H](NC(=O)c4ccc(C)c(C)c4)C[C@H]2CN(S(C)(=O)=O)C3)n1. The molecule has 1 amide bonds. The fourth-order valence-electron chi connectivity index (χ4n) is 4.67. The minimum atomic E-state index is -3.32. The van der Waals surface area contributed by atoms with Gasteiger partial charge in [0.15, 0.2) is 5.82 Å². The summed E-state index contributed by atoms with van der Waals surface area (Å²) in [6, 6.07) is 5.59. The first-order chi connectivity index (χ1) is 13.6. The molecule has 8 nitrogen and oxygen atoms in total. The molecule has 1 saturated carbocycles. The zero-order chi connectivity index (χ0) is 21.0. The Labute approximate surface area is 170 Å². The Kier molecular flexibility index (Phi) is 4.77. The molecule has 3 atom stereocenters. The monoisotopic (exact) mass is 418 g/mol. The zero-order valence-electron chi connectivity index (χ0n) is 17.1. The third-order valence-electron chi connectivity index (χ3n) is 6.37. The van der Waals surface area contributed by atoms with Gasteiger partial charge in [-0.2, -0.15) is 4.98 Å². The van der Waals surface area contributed by atoms with Crippen molar-refractivity contribution in [2.45, 2.75) is 45.1 Å². The molecular weight excluding hydrogens is 392 g/mol. The van der Waals surface area contributed by atoms with Crippen molar-refractivity contribution in [2.24, 2.45) is 5.92 Å². The fraction of sp³-hybridized carbons (Fsp3) is 0.550. The summed E-state index contributed by atoms with van der Waals surface area (Å²) in [5.74, 6) is 0.889. The van der Waals surface area contributed by atoms with Gasteiger partial charge >= 0.3 is 0 Å². The highest BCUT2D eigenvalue weighted by atomic mass is 32.2. The molecule has 1 N–H and O–H groups in total. The number of nitrogens with one attached hydrogen (secondary N) is 1. The van der Waals surface area contributed by atoms with Crippen LogP contribution >= 0.6 is 0 Å². The molecule has 4 rings (SSSR count). The maximum Gasteiger partial charge on any atom is 0.251 e. The van der Waals surface area contributed by atoms with E-state index in [4.69, 9.17) is 4.52 Å². The standard InChI is InChI=1S/C20H26N4O4S/c1-12-5-6-15(7-13(12)2)18(25)22-17-8-16-10-24(29(4,26)27)11-20(16,9-17)19-21-14(3)23-28-19/h5-7,16-17H,8-11H2,1-4H3,(H,22,25)/t16-,17+,20-/m0/s1. The van der Waals surface area contributed by atoms with Gasteiger partial charge in [-0.05, 0) is 62.8 Å². The fourth-order valence-corrected chi connectivity index (χ4v) is 5.59. The predicted molar refractivity (Wildman–Crippen MR) is 107 cm³/mol. The molecule has 9 heteroatoms. The van der Waals surface area contributed by atoms with Crippen molar-refractivity contribution in [3.63, 3.8) is 0 Å². The van der Waals surface area contributed by atoms with Crippen molar-refractivity contribution in [3.05, 3.63) is 46.6 Å². The van der Waals surface area contributed by atoms with Crippen LogP contribution in [-0.4, -0.2) is 54.2 Å². The quantitative estimate of drug-likeness (QED) is 0.810. The predicted octanol–water partition coefficient (Wildman–Crippen LogP) is 1.72. The van der Waals surface area contributed by atoms with Crippen molar-refractivity contribution in [3.8, 4) is 0 Å². The molecule has 1 saturated heterocycles. The molecule has 0 unspecified atom stereocenters. The molecule has 29 heavy (non-hydrogen) atoms. The second kappa shape index (κ2) is 6.91. The third kappa shape index (κ3) is 3.57. The number of fused-ring (bicyclic) bond motifs is 1. The zero-order valence-corrected chi connectivity index (χ0v) is 17.9. The van der Waals surface area contributed by atoms with E-state index >= 15 is 0 Å². The lowest BCUT2D eigenvalue weighted by Crippen LogP contribution is -2.39. The first-order valence-corrected chi connectivity index (χ1v) is 11.6. The average molecular weight is 419 g/mol. The highest BCUT2D eigenvalue weighted by Gasteiger charge is 2.59. The molecule has 0 spiro atoms. The Balaban J connectivity index is 1.57. The van der Waals surface area contributed by atoms with Crippen LogP contribution in [0.2, 0.25) is 0 Å². The summed E-state index contributed by atoms with van der Waals surface area (Å²) in [7, 11) is -3.32. The molecule has 1 aliphatic carbocycles. The number of carbonyl (C=O) groups is 1. The third-order valence-corrected chi connectivity index (χ3v) is 7.59. The maximum atomic E-state index is 12.8. The highest BCUT2D eigenvalue weighted by molar-refractivity contribution is 7.88. The van der Waals surface area contributed by atoms with Gasteiger partial charge in [-0.1, -0.05) is 11.2 Å². The summed E-state index contributed by atoms with van der Waals surface area (Å²) in [6.45, 7) is 6.44. The van der Waals surface area contributed by atoms with Gasteiger partial charge in [-0.15, -0.1) is 0 Å². The second-order valence-electron chi connectivity index (χ2n) is 8.46. The van der Waals surface area contributed by atoms with Crippen LogP contribution in [0.4, 0.5) is 0 Å². The van der Waals surface area contributed by atoms with E-state index < -0.39 is 15.4 Å². The molecule has 1 aromatic carbocycles. The number of carbonyl (C=O) groups excluding carboxylic acids is 1. The Morgan fingerprint density at radius 1 is 1.28 bits per heavy atom. The summed E-state index contributed by atoms with van der Waals surface area (Å²) >= 11 is 0. The van der Waals surface area contributed by atoms with Crippen LogP contribution in [0.1, 0.15) is 46.0 Å². The number of hydrogen-bond donors (Lipinski definition) is 1. The van der Waals surface area contributed by atoms with Crippen molar-refractivity contribution >= 4 is 15.9 Å². The van der Waals surface area contributed by atoms with E-state index in [1.165, 1.54) is 10.6 Å². The van der Waals surface area contributed by atoms with Gasteiger partial charge in [0.1, 0.15) is 0 Å². The number of hydrogen-bond acceptors (Lipinski definition) is 6. The number of rotatable bonds is 4. The minimum Gasteiger partial charge on any atom is -0.349 e. The van der Waals surface area contributed by atoms with Crippen molar-refractivity contribution in [1.82, 2.24) is 19.8 Å². The van der Waals surface area contributed by atoms with Gasteiger partial charge < -0.3 is 9.84 Å². The lowest BCUT2D eigenvalue weighted by molar-refractivity contribution is 0.0934. The second-order valence-corrected chi connectivity index (χ2v) is 10.4. The molecule has 2 fully saturated rings. The van der Waals surface area contributed by atoms with E-state index in [1.807, 2.05) is 32.0 Å². The normalized spacial score (nSPS) is 27.2. The lowest BCUT2D eigenvalue weighted by Gasteiger charge is -2.24. The lowest BCUT2D eigenvalue weighted by atomic mass is 9.80. The number of sulfonamides is 1. The summed E-state index contributed by atoms with van der Waals surface area (Å²) in [5, 5.41) is 7.04. The van der Waals surface area contributed by atoms with Crippen molar-refractivity contribution in [1.29, 1.82) is 0 Å². The van der Waals surface area contributed by atoms with Crippen LogP contribution in [-0.2, 0) is 15.4 Å². The molecule has 1 aromatic heterocycles. The largest absolute Gasteiger partial charge is 0.349 e. The van der Waals surface area contributed by atoms with Gasteiger partial charge in [-0.3, -0.25) is 4.79 Å². The minimum absolute atomic E-state index is 0.0159. The van der Waals surface area contributed by atoms with Crippen molar-refractivity contribution in [2.75, 3.05) is 19.3 Å². The van der Waals surface area contributed by atoms with Crippen LogP contribution in [0.5, 0.6) is 0 Å². The number of benzene rings is 1. The smallest absolute Gasteiger partial charge is 0.251 e. The Morgan fingerprint density at radius 3 is 2.66 bits per heavy atom. The average Bonchev–Trinajstić information content (AvgIpc) is 3.29. The van der Waals surface area contributed by atoms with Crippen LogP contribution < -0.4 is 5.32 Å². The molecule has 2 aliphatic rings. The molecule has 2 heterocycles. The van der Waals surface area contributed by atoms with E-state index in [0.29, 0.717) is 43.2 Å². The topological polar surface area (TPSA) is 105 Å². The van der Waals surface area contributed by atoms with Gasteiger partial charge in [0.25, 0.3) is 5.91 Å². The highest BCUT2D eigenvalue weighted by Crippen LogP contribution is 2.50. The van der Waals surface area contributed by atoms with E-state index in [9.17, 15) is 13.2 Å². The maximum absolute atomic E-state index is 12.8. The number of aryl methyl sites for hydroxylation is 3. The molecule has 0 radical (unpaired) electrons. The van der Waals surface area contributed by atoms with Crippen molar-refractivity contribution < 1.29 is 17.7 Å². The molecule has 2 aromatic rings. The Bertz CT molecular complexity index is 1060. The van der Waals surface area contributed by atoms with E-state index in [1.54, 1.807) is 6.92 Å². The Morgan fingerprint density at radius 2 is 2.03 bits per heavy atom. The number of aromatic nitrogens is 2. The number of nitrogens with zero attached hydrogens (tertiary/aromatic N) is 3. The van der Waals surface area contributed by atoms with E-state index in [0.717, 1.165) is 11.1 Å². The van der Waals surface area contributed by atoms with Crippen LogP contribution in [0.3, 0.4) is 0 Å². The summed E-state index contributed by atoms with van der Waals surface area (Å²) in [5.41, 5.74) is 2.28. The van der Waals surface area contributed by atoms with Crippen LogP contribution in [0.25, 0.3) is 0 Å². The van der Waals surface area contributed by atoms with Gasteiger partial charge in [0.2, 0.25) is 15.9 Å². The summed E-state index contributed by atoms with van der Waals surface area (Å²) in [6.07, 6.45) is 2.46. The van der Waals surface area contributed by atoms with Gasteiger partial charge in [0, 0.05) is 24.7 Å². The number of amides is 1.